The molecule has 0 fully saturated rings. The van der Waals surface area contributed by atoms with Gasteiger partial charge in [0.1, 0.15) is 5.82 Å². The molecule has 2 heterocycles. The molecule has 0 atom stereocenters. The molecule has 2 aromatic carbocycles. The molecule has 2 aromatic heterocycles. The summed E-state index contributed by atoms with van der Waals surface area (Å²) in [6.45, 7) is 2.26. The molecule has 27 heavy (non-hydrogen) atoms. The van der Waals surface area contributed by atoms with Gasteiger partial charge < -0.3 is 5.32 Å². The third-order valence-corrected chi connectivity index (χ3v) is 4.19. The summed E-state index contributed by atoms with van der Waals surface area (Å²) in [6.07, 6.45) is 1.75. The highest BCUT2D eigenvalue weighted by Crippen LogP contribution is 2.14. The highest BCUT2D eigenvalue weighted by atomic mass is 16.1. The highest BCUT2D eigenvalue weighted by molar-refractivity contribution is 5.94. The molecule has 0 saturated carbocycles. The molecule has 4 aromatic rings. The number of carbonyl (C=O) groups is 1. The summed E-state index contributed by atoms with van der Waals surface area (Å²) < 4.78 is 1.82. The van der Waals surface area contributed by atoms with Crippen molar-refractivity contribution in [1.29, 1.82) is 0 Å². The Balaban J connectivity index is 1.40. The summed E-state index contributed by atoms with van der Waals surface area (Å²) in [7, 11) is 0. The van der Waals surface area contributed by atoms with Crippen LogP contribution in [0.15, 0.2) is 66.9 Å². The minimum atomic E-state index is -0.170. The molecule has 2 N–H and O–H groups in total. The van der Waals surface area contributed by atoms with Crippen molar-refractivity contribution >= 4 is 5.91 Å². The predicted molar refractivity (Wildman–Crippen MR) is 101 cm³/mol. The lowest BCUT2D eigenvalue weighted by molar-refractivity contribution is 0.0950. The summed E-state index contributed by atoms with van der Waals surface area (Å²) in [5.41, 5.74) is 3.45. The van der Waals surface area contributed by atoms with E-state index in [2.05, 4.69) is 25.6 Å². The van der Waals surface area contributed by atoms with Gasteiger partial charge in [0.15, 0.2) is 5.82 Å². The van der Waals surface area contributed by atoms with Gasteiger partial charge in [-0.1, -0.05) is 30.3 Å². The number of H-pyrrole nitrogens is 1. The van der Waals surface area contributed by atoms with Gasteiger partial charge >= 0.3 is 0 Å². The Morgan fingerprint density at radius 3 is 2.56 bits per heavy atom. The standard InChI is InChI=1S/C20H18N6O/c1-14-11-12-22-26(14)17-9-7-16(8-10-17)20(27)21-13-18-23-19(25-24-18)15-5-3-2-4-6-15/h2-12H,13H2,1H3,(H,21,27)(H,23,24,25). The van der Waals surface area contributed by atoms with Gasteiger partial charge in [0, 0.05) is 23.0 Å². The minimum absolute atomic E-state index is 0.170. The zero-order valence-electron chi connectivity index (χ0n) is 14.8. The summed E-state index contributed by atoms with van der Waals surface area (Å²) in [5.74, 6) is 1.04. The predicted octanol–water partition coefficient (Wildman–Crippen LogP) is 2.90. The van der Waals surface area contributed by atoms with Crippen molar-refractivity contribution in [1.82, 2.24) is 30.3 Å². The van der Waals surface area contributed by atoms with Crippen LogP contribution in [-0.2, 0) is 6.54 Å². The maximum atomic E-state index is 12.4. The van der Waals surface area contributed by atoms with E-state index in [9.17, 15) is 4.79 Å². The third kappa shape index (κ3) is 3.62. The molecular formula is C20H18N6O. The second kappa shape index (κ2) is 7.25. The molecule has 0 aliphatic carbocycles. The van der Waals surface area contributed by atoms with E-state index in [1.54, 1.807) is 18.3 Å². The molecule has 0 unspecified atom stereocenters. The molecule has 0 spiro atoms. The molecule has 0 bridgehead atoms. The van der Waals surface area contributed by atoms with Gasteiger partial charge in [0.05, 0.1) is 12.2 Å². The summed E-state index contributed by atoms with van der Waals surface area (Å²) >= 11 is 0. The Kier molecular flexibility index (Phi) is 4.49. The van der Waals surface area contributed by atoms with E-state index in [1.165, 1.54) is 0 Å². The molecule has 0 aliphatic rings. The lowest BCUT2D eigenvalue weighted by Crippen LogP contribution is -2.23. The fourth-order valence-corrected chi connectivity index (χ4v) is 2.75. The minimum Gasteiger partial charge on any atom is -0.345 e. The topological polar surface area (TPSA) is 88.5 Å². The highest BCUT2D eigenvalue weighted by Gasteiger charge is 2.09. The second-order valence-electron chi connectivity index (χ2n) is 6.09. The van der Waals surface area contributed by atoms with E-state index in [0.29, 0.717) is 17.2 Å². The SMILES string of the molecule is Cc1ccnn1-c1ccc(C(=O)NCc2nc(-c3ccccc3)n[nH]2)cc1. The fourth-order valence-electron chi connectivity index (χ4n) is 2.75. The first-order valence-electron chi connectivity index (χ1n) is 8.57. The van der Waals surface area contributed by atoms with Crippen LogP contribution in [0.1, 0.15) is 21.9 Å². The molecule has 134 valence electrons. The Hall–Kier alpha value is -3.74. The van der Waals surface area contributed by atoms with Crippen LogP contribution in [0.5, 0.6) is 0 Å². The monoisotopic (exact) mass is 358 g/mol. The van der Waals surface area contributed by atoms with Crippen LogP contribution in [0.4, 0.5) is 0 Å². The van der Waals surface area contributed by atoms with Crippen LogP contribution < -0.4 is 5.32 Å². The van der Waals surface area contributed by atoms with Crippen LogP contribution >= 0.6 is 0 Å². The molecule has 7 heteroatoms. The molecule has 0 saturated heterocycles. The normalized spacial score (nSPS) is 10.7. The van der Waals surface area contributed by atoms with Crippen molar-refractivity contribution in [2.24, 2.45) is 0 Å². The van der Waals surface area contributed by atoms with Crippen LogP contribution in [0.2, 0.25) is 0 Å². The average Bonchev–Trinajstić information content (AvgIpc) is 3.36. The van der Waals surface area contributed by atoms with Gasteiger partial charge in [0.2, 0.25) is 0 Å². The number of aryl methyl sites for hydroxylation is 1. The third-order valence-electron chi connectivity index (χ3n) is 4.19. The lowest BCUT2D eigenvalue weighted by atomic mass is 10.2. The Labute approximate surface area is 156 Å². The van der Waals surface area contributed by atoms with Gasteiger partial charge in [-0.2, -0.15) is 10.2 Å². The number of aromatic amines is 1. The maximum Gasteiger partial charge on any atom is 0.251 e. The number of hydrogen-bond donors (Lipinski definition) is 2. The van der Waals surface area contributed by atoms with Crippen molar-refractivity contribution in [3.05, 3.63) is 83.9 Å². The zero-order valence-corrected chi connectivity index (χ0v) is 14.8. The Bertz CT molecular complexity index is 1050. The van der Waals surface area contributed by atoms with Crippen molar-refractivity contribution in [2.75, 3.05) is 0 Å². The van der Waals surface area contributed by atoms with Gasteiger partial charge in [-0.05, 0) is 37.3 Å². The maximum absolute atomic E-state index is 12.4. The number of hydrogen-bond acceptors (Lipinski definition) is 4. The molecule has 7 nitrogen and oxygen atoms in total. The van der Waals surface area contributed by atoms with Crippen molar-refractivity contribution in [3.8, 4) is 17.1 Å². The van der Waals surface area contributed by atoms with Crippen LogP contribution in [0.25, 0.3) is 17.1 Å². The van der Waals surface area contributed by atoms with Crippen LogP contribution in [-0.4, -0.2) is 30.9 Å². The number of carbonyl (C=O) groups excluding carboxylic acids is 1. The smallest absolute Gasteiger partial charge is 0.251 e. The zero-order chi connectivity index (χ0) is 18.6. The molecular weight excluding hydrogens is 340 g/mol. The Morgan fingerprint density at radius 1 is 1.07 bits per heavy atom. The quantitative estimate of drug-likeness (QED) is 0.574. The summed E-state index contributed by atoms with van der Waals surface area (Å²) in [4.78, 5) is 16.8. The van der Waals surface area contributed by atoms with E-state index in [1.807, 2.05) is 60.1 Å². The molecule has 0 aliphatic heterocycles. The van der Waals surface area contributed by atoms with Crippen molar-refractivity contribution < 1.29 is 4.79 Å². The van der Waals surface area contributed by atoms with Crippen LogP contribution in [0, 0.1) is 6.92 Å². The Morgan fingerprint density at radius 2 is 1.85 bits per heavy atom. The number of amides is 1. The number of aromatic nitrogens is 5. The molecule has 4 rings (SSSR count). The van der Waals surface area contributed by atoms with E-state index in [4.69, 9.17) is 0 Å². The van der Waals surface area contributed by atoms with E-state index in [0.717, 1.165) is 16.9 Å². The number of nitrogens with one attached hydrogen (secondary N) is 2. The summed E-state index contributed by atoms with van der Waals surface area (Å²) in [6, 6.07) is 18.9. The van der Waals surface area contributed by atoms with Gasteiger partial charge in [-0.25, -0.2) is 9.67 Å². The van der Waals surface area contributed by atoms with Crippen molar-refractivity contribution in [3.63, 3.8) is 0 Å². The first kappa shape index (κ1) is 16.7. The first-order valence-corrected chi connectivity index (χ1v) is 8.57. The molecule has 1 amide bonds. The first-order chi connectivity index (χ1) is 13.2. The van der Waals surface area contributed by atoms with E-state index in [-0.39, 0.29) is 12.5 Å². The summed E-state index contributed by atoms with van der Waals surface area (Å²) in [5, 5.41) is 14.2. The van der Waals surface area contributed by atoms with E-state index < -0.39 is 0 Å². The number of benzene rings is 2. The average molecular weight is 358 g/mol. The van der Waals surface area contributed by atoms with Gasteiger partial charge in [-0.3, -0.25) is 9.89 Å². The number of nitrogens with zero attached hydrogens (tertiary/aromatic N) is 4. The fraction of sp³-hybridized carbons (Fsp3) is 0.100. The molecule has 0 radical (unpaired) electrons. The van der Waals surface area contributed by atoms with Crippen molar-refractivity contribution in [2.45, 2.75) is 13.5 Å². The van der Waals surface area contributed by atoms with E-state index >= 15 is 0 Å². The van der Waals surface area contributed by atoms with Gasteiger partial charge in [-0.15, -0.1) is 0 Å². The number of rotatable bonds is 5. The lowest BCUT2D eigenvalue weighted by Gasteiger charge is -2.06. The second-order valence-corrected chi connectivity index (χ2v) is 6.09. The largest absolute Gasteiger partial charge is 0.345 e. The van der Waals surface area contributed by atoms with Crippen LogP contribution in [0.3, 0.4) is 0 Å². The van der Waals surface area contributed by atoms with Gasteiger partial charge in [0.25, 0.3) is 5.91 Å².